The SMILES string of the molecule is CCCc1nc(N(C)CC2CCCN2C)sc1CN. The summed E-state index contributed by atoms with van der Waals surface area (Å²) in [6.07, 6.45) is 4.80. The first-order valence-corrected chi connectivity index (χ1v) is 8.07. The zero-order chi connectivity index (χ0) is 13.8. The van der Waals surface area contributed by atoms with Gasteiger partial charge in [0.2, 0.25) is 0 Å². The van der Waals surface area contributed by atoms with Crippen LogP contribution in [0.15, 0.2) is 0 Å². The molecule has 0 radical (unpaired) electrons. The monoisotopic (exact) mass is 282 g/mol. The molecule has 108 valence electrons. The highest BCUT2D eigenvalue weighted by molar-refractivity contribution is 7.15. The van der Waals surface area contributed by atoms with E-state index in [4.69, 9.17) is 10.7 Å². The highest BCUT2D eigenvalue weighted by Gasteiger charge is 2.23. The first kappa shape index (κ1) is 14.8. The Balaban J connectivity index is 2.03. The van der Waals surface area contributed by atoms with Crippen LogP contribution in [0.25, 0.3) is 0 Å². The number of nitrogens with zero attached hydrogens (tertiary/aromatic N) is 3. The van der Waals surface area contributed by atoms with Crippen molar-refractivity contribution in [3.05, 3.63) is 10.6 Å². The van der Waals surface area contributed by atoms with Crippen molar-refractivity contribution < 1.29 is 0 Å². The maximum absolute atomic E-state index is 5.82. The Morgan fingerprint density at radius 2 is 2.32 bits per heavy atom. The molecule has 0 aliphatic carbocycles. The molecule has 1 atom stereocenters. The zero-order valence-corrected chi connectivity index (χ0v) is 13.2. The van der Waals surface area contributed by atoms with Crippen molar-refractivity contribution in [1.82, 2.24) is 9.88 Å². The van der Waals surface area contributed by atoms with Gasteiger partial charge in [0.1, 0.15) is 0 Å². The fraction of sp³-hybridized carbons (Fsp3) is 0.786. The third-order valence-corrected chi connectivity index (χ3v) is 5.16. The van der Waals surface area contributed by atoms with Crippen LogP contribution >= 0.6 is 11.3 Å². The molecule has 0 aromatic carbocycles. The third kappa shape index (κ3) is 3.46. The Morgan fingerprint density at radius 3 is 2.89 bits per heavy atom. The van der Waals surface area contributed by atoms with Crippen LogP contribution in [0.1, 0.15) is 36.8 Å². The van der Waals surface area contributed by atoms with E-state index in [-0.39, 0.29) is 0 Å². The Morgan fingerprint density at radius 1 is 1.53 bits per heavy atom. The van der Waals surface area contributed by atoms with E-state index in [2.05, 4.69) is 30.8 Å². The number of nitrogens with two attached hydrogens (primary N) is 1. The molecule has 1 aromatic heterocycles. The molecular formula is C14H26N4S. The summed E-state index contributed by atoms with van der Waals surface area (Å²) in [5, 5.41) is 1.13. The second-order valence-electron chi connectivity index (χ2n) is 5.48. The highest BCUT2D eigenvalue weighted by Crippen LogP contribution is 2.27. The first-order valence-electron chi connectivity index (χ1n) is 7.25. The Labute approximate surface area is 120 Å². The van der Waals surface area contributed by atoms with Crippen LogP contribution < -0.4 is 10.6 Å². The molecule has 1 fully saturated rings. The Kier molecular flexibility index (Phi) is 5.19. The average molecular weight is 282 g/mol. The van der Waals surface area contributed by atoms with Gasteiger partial charge in [0.05, 0.1) is 5.69 Å². The lowest BCUT2D eigenvalue weighted by molar-refractivity contribution is 0.314. The number of anilines is 1. The molecule has 0 bridgehead atoms. The van der Waals surface area contributed by atoms with Crippen molar-refractivity contribution in [3.8, 4) is 0 Å². The van der Waals surface area contributed by atoms with Gasteiger partial charge >= 0.3 is 0 Å². The van der Waals surface area contributed by atoms with Gasteiger partial charge in [-0.15, -0.1) is 11.3 Å². The van der Waals surface area contributed by atoms with Gasteiger partial charge in [0.15, 0.2) is 5.13 Å². The summed E-state index contributed by atoms with van der Waals surface area (Å²) in [6.45, 7) is 5.10. The number of hydrogen-bond donors (Lipinski definition) is 1. The molecule has 1 aliphatic heterocycles. The topological polar surface area (TPSA) is 45.4 Å². The van der Waals surface area contributed by atoms with Crippen LogP contribution in [0.3, 0.4) is 0 Å². The molecule has 2 N–H and O–H groups in total. The predicted molar refractivity (Wildman–Crippen MR) is 82.9 cm³/mol. The lowest BCUT2D eigenvalue weighted by Gasteiger charge is -2.25. The summed E-state index contributed by atoms with van der Waals surface area (Å²) in [6, 6.07) is 0.671. The number of aromatic nitrogens is 1. The summed E-state index contributed by atoms with van der Waals surface area (Å²) in [5.74, 6) is 0. The number of likely N-dealkylation sites (tertiary alicyclic amines) is 1. The van der Waals surface area contributed by atoms with Crippen molar-refractivity contribution in [2.45, 2.75) is 45.2 Å². The molecule has 5 heteroatoms. The van der Waals surface area contributed by atoms with Crippen molar-refractivity contribution in [2.75, 3.05) is 32.1 Å². The molecule has 4 nitrogen and oxygen atoms in total. The molecule has 0 spiro atoms. The van der Waals surface area contributed by atoms with Crippen LogP contribution in [0.4, 0.5) is 5.13 Å². The molecule has 19 heavy (non-hydrogen) atoms. The maximum atomic E-state index is 5.82. The van der Waals surface area contributed by atoms with Gasteiger partial charge in [-0.3, -0.25) is 0 Å². The summed E-state index contributed by atoms with van der Waals surface area (Å²) in [5.41, 5.74) is 7.03. The normalized spacial score (nSPS) is 20.1. The van der Waals surface area contributed by atoms with Gasteiger partial charge < -0.3 is 15.5 Å². The molecule has 0 saturated carbocycles. The molecule has 1 saturated heterocycles. The summed E-state index contributed by atoms with van der Waals surface area (Å²) >= 11 is 1.76. The minimum Gasteiger partial charge on any atom is -0.350 e. The fourth-order valence-electron chi connectivity index (χ4n) is 2.73. The van der Waals surface area contributed by atoms with Crippen molar-refractivity contribution in [1.29, 1.82) is 0 Å². The van der Waals surface area contributed by atoms with Crippen LogP contribution in [-0.4, -0.2) is 43.1 Å². The van der Waals surface area contributed by atoms with E-state index < -0.39 is 0 Å². The number of aryl methyl sites for hydroxylation is 1. The lowest BCUT2D eigenvalue weighted by Crippen LogP contribution is -2.36. The number of likely N-dealkylation sites (N-methyl/N-ethyl adjacent to an activating group) is 2. The summed E-state index contributed by atoms with van der Waals surface area (Å²) in [7, 11) is 4.38. The predicted octanol–water partition coefficient (Wildman–Crippen LogP) is 2.08. The van der Waals surface area contributed by atoms with Crippen LogP contribution in [0.2, 0.25) is 0 Å². The van der Waals surface area contributed by atoms with Gasteiger partial charge in [-0.2, -0.15) is 0 Å². The standard InChI is InChI=1S/C14H26N4S/c1-4-6-12-13(9-15)19-14(16-12)18(3)10-11-7-5-8-17(11)2/h11H,4-10,15H2,1-3H3. The van der Waals surface area contributed by atoms with Gasteiger partial charge in [-0.1, -0.05) is 13.3 Å². The van der Waals surface area contributed by atoms with Crippen molar-refractivity contribution in [2.24, 2.45) is 5.73 Å². The smallest absolute Gasteiger partial charge is 0.185 e. The minimum atomic E-state index is 0.615. The second-order valence-corrected chi connectivity index (χ2v) is 6.54. The summed E-state index contributed by atoms with van der Waals surface area (Å²) in [4.78, 5) is 10.8. The second kappa shape index (κ2) is 6.68. The lowest BCUT2D eigenvalue weighted by atomic mass is 10.2. The quantitative estimate of drug-likeness (QED) is 0.868. The molecule has 1 aromatic rings. The number of hydrogen-bond acceptors (Lipinski definition) is 5. The van der Waals surface area contributed by atoms with Crippen LogP contribution in [0, 0.1) is 0 Å². The molecule has 1 aliphatic rings. The van der Waals surface area contributed by atoms with E-state index >= 15 is 0 Å². The Hall–Kier alpha value is -0.650. The molecule has 1 unspecified atom stereocenters. The van der Waals surface area contributed by atoms with E-state index in [1.54, 1.807) is 11.3 Å². The Bertz CT molecular complexity index is 404. The molecule has 0 amide bonds. The maximum Gasteiger partial charge on any atom is 0.185 e. The largest absolute Gasteiger partial charge is 0.350 e. The average Bonchev–Trinajstić information content (AvgIpc) is 2.97. The number of rotatable bonds is 6. The third-order valence-electron chi connectivity index (χ3n) is 3.92. The number of thiazole rings is 1. The first-order chi connectivity index (χ1) is 9.15. The van der Waals surface area contributed by atoms with Crippen molar-refractivity contribution in [3.63, 3.8) is 0 Å². The van der Waals surface area contributed by atoms with Gasteiger partial charge in [-0.05, 0) is 32.9 Å². The molecular weight excluding hydrogens is 256 g/mol. The van der Waals surface area contributed by atoms with Crippen LogP contribution in [0.5, 0.6) is 0 Å². The van der Waals surface area contributed by atoms with Gasteiger partial charge in [0.25, 0.3) is 0 Å². The van der Waals surface area contributed by atoms with E-state index in [9.17, 15) is 0 Å². The van der Waals surface area contributed by atoms with Crippen LogP contribution in [-0.2, 0) is 13.0 Å². The summed E-state index contributed by atoms with van der Waals surface area (Å²) < 4.78 is 0. The fourth-order valence-corrected chi connectivity index (χ4v) is 3.68. The highest BCUT2D eigenvalue weighted by atomic mass is 32.1. The zero-order valence-electron chi connectivity index (χ0n) is 12.4. The van der Waals surface area contributed by atoms with Crippen molar-refractivity contribution >= 4 is 16.5 Å². The molecule has 2 heterocycles. The van der Waals surface area contributed by atoms with E-state index in [0.29, 0.717) is 12.6 Å². The van der Waals surface area contributed by atoms with Gasteiger partial charge in [0, 0.05) is 31.1 Å². The van der Waals surface area contributed by atoms with E-state index in [0.717, 1.165) is 24.5 Å². The van der Waals surface area contributed by atoms with E-state index in [1.807, 2.05) is 0 Å². The van der Waals surface area contributed by atoms with Gasteiger partial charge in [-0.25, -0.2) is 4.98 Å². The minimum absolute atomic E-state index is 0.615. The van der Waals surface area contributed by atoms with E-state index in [1.165, 1.54) is 30.0 Å². The molecule has 2 rings (SSSR count).